The predicted molar refractivity (Wildman–Crippen MR) is 43.8 cm³/mol. The van der Waals surface area contributed by atoms with E-state index in [9.17, 15) is 0 Å². The average Bonchev–Trinajstić information content (AvgIpc) is 1.88. The summed E-state index contributed by atoms with van der Waals surface area (Å²) < 4.78 is 0. The molecular weight excluding hydrogens is 124 g/mol. The lowest BCUT2D eigenvalue weighted by molar-refractivity contribution is 0.213. The van der Waals surface area contributed by atoms with Crippen molar-refractivity contribution in [2.75, 3.05) is 0 Å². The predicted octanol–water partition coefficient (Wildman–Crippen LogP) is 1.99. The van der Waals surface area contributed by atoms with E-state index >= 15 is 0 Å². The van der Waals surface area contributed by atoms with Gasteiger partial charge < -0.3 is 0 Å². The average molecular weight is 138 g/mol. The summed E-state index contributed by atoms with van der Waals surface area (Å²) in [6.07, 6.45) is 7.02. The van der Waals surface area contributed by atoms with Crippen molar-refractivity contribution in [3.8, 4) is 0 Å². The highest BCUT2D eigenvalue weighted by atomic mass is 15.5. The van der Waals surface area contributed by atoms with E-state index in [2.05, 4.69) is 31.9 Å². The van der Waals surface area contributed by atoms with Crippen molar-refractivity contribution in [2.24, 2.45) is 5.10 Å². The molecule has 2 nitrogen and oxygen atoms in total. The molecule has 0 spiro atoms. The van der Waals surface area contributed by atoms with E-state index in [1.54, 1.807) is 0 Å². The van der Waals surface area contributed by atoms with Crippen LogP contribution in [0.15, 0.2) is 17.4 Å². The molecule has 0 aromatic rings. The molecule has 2 heteroatoms. The van der Waals surface area contributed by atoms with Gasteiger partial charge in [-0.25, -0.2) is 0 Å². The molecule has 1 aliphatic heterocycles. The van der Waals surface area contributed by atoms with Crippen molar-refractivity contribution in [3.63, 3.8) is 0 Å². The molecule has 56 valence electrons. The highest BCUT2D eigenvalue weighted by Gasteiger charge is 2.17. The summed E-state index contributed by atoms with van der Waals surface area (Å²) in [4.78, 5) is 0. The van der Waals surface area contributed by atoms with Gasteiger partial charge >= 0.3 is 0 Å². The highest BCUT2D eigenvalue weighted by molar-refractivity contribution is 5.60. The van der Waals surface area contributed by atoms with E-state index < -0.39 is 0 Å². The van der Waals surface area contributed by atoms with Crippen LogP contribution < -0.4 is 0 Å². The first-order valence-corrected chi connectivity index (χ1v) is 3.59. The van der Waals surface area contributed by atoms with Gasteiger partial charge in [0.1, 0.15) is 0 Å². The fraction of sp³-hybridized carbons (Fsp3) is 0.625. The molecule has 0 amide bonds. The maximum Gasteiger partial charge on any atom is 0.0543 e. The Morgan fingerprint density at radius 2 is 2.10 bits per heavy atom. The number of hydrazone groups is 1. The normalized spacial score (nSPS) is 18.1. The molecule has 1 heterocycles. The van der Waals surface area contributed by atoms with Crippen LogP contribution in [0.25, 0.3) is 0 Å². The standard InChI is InChI=1S/C8H14N2/c1-8(2,3)10-7-5-4-6-9-10/h5-7H,4H2,1-3H3. The molecule has 0 saturated heterocycles. The minimum atomic E-state index is 0.118. The Bertz CT molecular complexity index is 151. The lowest BCUT2D eigenvalue weighted by Gasteiger charge is -2.30. The smallest absolute Gasteiger partial charge is 0.0543 e. The molecule has 0 aromatic heterocycles. The molecule has 0 atom stereocenters. The van der Waals surface area contributed by atoms with Crippen LogP contribution in [0.3, 0.4) is 0 Å². The van der Waals surface area contributed by atoms with E-state index in [4.69, 9.17) is 0 Å². The zero-order valence-corrected chi connectivity index (χ0v) is 6.83. The Kier molecular flexibility index (Phi) is 1.79. The summed E-state index contributed by atoms with van der Waals surface area (Å²) in [5.41, 5.74) is 0.118. The monoisotopic (exact) mass is 138 g/mol. The van der Waals surface area contributed by atoms with Crippen LogP contribution in [0.4, 0.5) is 0 Å². The number of rotatable bonds is 0. The van der Waals surface area contributed by atoms with Crippen molar-refractivity contribution in [2.45, 2.75) is 32.7 Å². The van der Waals surface area contributed by atoms with Crippen molar-refractivity contribution in [1.29, 1.82) is 0 Å². The second-order valence-corrected chi connectivity index (χ2v) is 3.43. The molecule has 0 saturated carbocycles. The van der Waals surface area contributed by atoms with Crippen LogP contribution >= 0.6 is 0 Å². The summed E-state index contributed by atoms with van der Waals surface area (Å²) >= 11 is 0. The van der Waals surface area contributed by atoms with Crippen LogP contribution in [0.1, 0.15) is 27.2 Å². The minimum Gasteiger partial charge on any atom is -0.268 e. The van der Waals surface area contributed by atoms with Crippen molar-refractivity contribution in [3.05, 3.63) is 12.3 Å². The first kappa shape index (κ1) is 7.32. The Hall–Kier alpha value is -0.790. The molecule has 0 aliphatic carbocycles. The van der Waals surface area contributed by atoms with Crippen LogP contribution in [0.2, 0.25) is 0 Å². The fourth-order valence-electron chi connectivity index (χ4n) is 0.792. The molecule has 0 N–H and O–H groups in total. The Labute approximate surface area is 62.2 Å². The van der Waals surface area contributed by atoms with Gasteiger partial charge in [-0.3, -0.25) is 5.01 Å². The number of hydrogen-bond acceptors (Lipinski definition) is 2. The molecule has 1 aliphatic rings. The van der Waals surface area contributed by atoms with Gasteiger partial charge in [0.25, 0.3) is 0 Å². The van der Waals surface area contributed by atoms with Crippen molar-refractivity contribution < 1.29 is 0 Å². The third kappa shape index (κ3) is 1.59. The first-order valence-electron chi connectivity index (χ1n) is 3.59. The second-order valence-electron chi connectivity index (χ2n) is 3.43. The van der Waals surface area contributed by atoms with E-state index in [1.807, 2.05) is 17.4 Å². The number of nitrogens with zero attached hydrogens (tertiary/aromatic N) is 2. The van der Waals surface area contributed by atoms with E-state index in [-0.39, 0.29) is 5.54 Å². The largest absolute Gasteiger partial charge is 0.268 e. The second kappa shape index (κ2) is 2.45. The van der Waals surface area contributed by atoms with Gasteiger partial charge in [-0.15, -0.1) is 0 Å². The third-order valence-electron chi connectivity index (χ3n) is 1.38. The Morgan fingerprint density at radius 3 is 2.40 bits per heavy atom. The van der Waals surface area contributed by atoms with Crippen molar-refractivity contribution in [1.82, 2.24) is 5.01 Å². The van der Waals surface area contributed by atoms with Gasteiger partial charge in [-0.1, -0.05) is 6.08 Å². The minimum absolute atomic E-state index is 0.118. The Balaban J connectivity index is 2.64. The zero-order valence-electron chi connectivity index (χ0n) is 6.83. The van der Waals surface area contributed by atoms with Gasteiger partial charge in [-0.2, -0.15) is 5.10 Å². The lowest BCUT2D eigenvalue weighted by Crippen LogP contribution is -2.33. The molecule has 1 rings (SSSR count). The summed E-state index contributed by atoms with van der Waals surface area (Å²) in [5.74, 6) is 0. The van der Waals surface area contributed by atoms with Gasteiger partial charge in [0, 0.05) is 18.8 Å². The van der Waals surface area contributed by atoms with Crippen molar-refractivity contribution >= 4 is 6.21 Å². The zero-order chi connectivity index (χ0) is 7.61. The van der Waals surface area contributed by atoms with Gasteiger partial charge in [0.2, 0.25) is 0 Å². The van der Waals surface area contributed by atoms with Gasteiger partial charge in [0.05, 0.1) is 5.54 Å². The van der Waals surface area contributed by atoms with Crippen LogP contribution in [0, 0.1) is 0 Å². The Morgan fingerprint density at radius 1 is 1.40 bits per heavy atom. The molecule has 0 radical (unpaired) electrons. The van der Waals surface area contributed by atoms with E-state index in [0.717, 1.165) is 6.42 Å². The van der Waals surface area contributed by atoms with E-state index in [0.29, 0.717) is 0 Å². The summed E-state index contributed by atoms with van der Waals surface area (Å²) in [7, 11) is 0. The molecule has 0 bridgehead atoms. The lowest BCUT2D eigenvalue weighted by atomic mass is 10.1. The van der Waals surface area contributed by atoms with Crippen LogP contribution in [0.5, 0.6) is 0 Å². The number of hydrogen-bond donors (Lipinski definition) is 0. The maximum atomic E-state index is 4.22. The molecule has 0 aromatic carbocycles. The topological polar surface area (TPSA) is 15.6 Å². The first-order chi connectivity index (χ1) is 4.61. The SMILES string of the molecule is CC(C)(C)N1C=CCC=N1. The molecule has 0 fully saturated rings. The molecule has 10 heavy (non-hydrogen) atoms. The third-order valence-corrected chi connectivity index (χ3v) is 1.38. The number of allylic oxidation sites excluding steroid dienone is 1. The summed E-state index contributed by atoms with van der Waals surface area (Å²) in [6.45, 7) is 6.42. The highest BCUT2D eigenvalue weighted by Crippen LogP contribution is 2.15. The van der Waals surface area contributed by atoms with Crippen LogP contribution in [-0.2, 0) is 0 Å². The quantitative estimate of drug-likeness (QED) is 0.500. The molecule has 0 unspecified atom stereocenters. The van der Waals surface area contributed by atoms with Gasteiger partial charge in [0.15, 0.2) is 0 Å². The van der Waals surface area contributed by atoms with E-state index in [1.165, 1.54) is 0 Å². The molecular formula is C8H14N2. The fourth-order valence-corrected chi connectivity index (χ4v) is 0.792. The summed E-state index contributed by atoms with van der Waals surface area (Å²) in [5, 5.41) is 6.19. The van der Waals surface area contributed by atoms with Crippen LogP contribution in [-0.4, -0.2) is 16.8 Å². The maximum absolute atomic E-state index is 4.22. The summed E-state index contributed by atoms with van der Waals surface area (Å²) in [6, 6.07) is 0. The van der Waals surface area contributed by atoms with Gasteiger partial charge in [-0.05, 0) is 20.8 Å².